The third-order valence-electron chi connectivity index (χ3n) is 6.07. The van der Waals surface area contributed by atoms with Gasteiger partial charge in [-0.1, -0.05) is 60.7 Å². The Labute approximate surface area is 211 Å². The van der Waals surface area contributed by atoms with Crippen molar-refractivity contribution in [2.24, 2.45) is 0 Å². The highest BCUT2D eigenvalue weighted by atomic mass is 16.5. The van der Waals surface area contributed by atoms with Crippen LogP contribution in [0.25, 0.3) is 33.4 Å². The summed E-state index contributed by atoms with van der Waals surface area (Å²) in [4.78, 5) is 0. The lowest BCUT2D eigenvalue weighted by Crippen LogP contribution is -2.02. The van der Waals surface area contributed by atoms with Crippen LogP contribution >= 0.6 is 0 Å². The van der Waals surface area contributed by atoms with Gasteiger partial charge in [-0.05, 0) is 23.3 Å². The molecule has 0 atom stereocenters. The molecule has 0 aliphatic rings. The van der Waals surface area contributed by atoms with Gasteiger partial charge in [0.2, 0.25) is 11.5 Å². The van der Waals surface area contributed by atoms with Gasteiger partial charge >= 0.3 is 0 Å². The zero-order chi connectivity index (χ0) is 25.7. The fraction of sp³-hybridized carbons (Fsp3) is 0.200. The Morgan fingerprint density at radius 2 is 0.611 bits per heavy atom. The number of ether oxygens (including phenoxy) is 6. The van der Waals surface area contributed by atoms with Crippen LogP contribution in [0.3, 0.4) is 0 Å². The van der Waals surface area contributed by atoms with Gasteiger partial charge in [0, 0.05) is 22.3 Å². The second-order valence-electron chi connectivity index (χ2n) is 7.87. The van der Waals surface area contributed by atoms with E-state index in [1.807, 2.05) is 72.8 Å². The van der Waals surface area contributed by atoms with Gasteiger partial charge in [-0.15, -0.1) is 0 Å². The molecule has 0 bridgehead atoms. The Morgan fingerprint density at radius 1 is 0.333 bits per heavy atom. The predicted molar refractivity (Wildman–Crippen MR) is 142 cm³/mol. The fourth-order valence-electron chi connectivity index (χ4n) is 4.49. The molecule has 0 aliphatic carbocycles. The van der Waals surface area contributed by atoms with Crippen LogP contribution in [-0.4, -0.2) is 42.7 Å². The summed E-state index contributed by atoms with van der Waals surface area (Å²) in [6.45, 7) is 0. The smallest absolute Gasteiger partial charge is 0.204 e. The number of rotatable bonds is 9. The van der Waals surface area contributed by atoms with Crippen molar-refractivity contribution in [1.82, 2.24) is 0 Å². The van der Waals surface area contributed by atoms with Crippen molar-refractivity contribution in [3.63, 3.8) is 0 Å². The number of hydrogen-bond donors (Lipinski definition) is 0. The molecule has 0 aromatic heterocycles. The lowest BCUT2D eigenvalue weighted by atomic mass is 9.92. The van der Waals surface area contributed by atoms with Crippen molar-refractivity contribution >= 4 is 0 Å². The van der Waals surface area contributed by atoms with Crippen molar-refractivity contribution in [2.45, 2.75) is 0 Å². The van der Waals surface area contributed by atoms with E-state index in [0.717, 1.165) is 33.4 Å². The highest BCUT2D eigenvalue weighted by Gasteiger charge is 2.28. The lowest BCUT2D eigenvalue weighted by molar-refractivity contribution is 0.323. The first-order valence-electron chi connectivity index (χ1n) is 11.4. The standard InChI is InChI=1S/C30H30O6/c1-31-25-21(19-13-9-7-10-14-19)17-23(27(33-3)29(25)35-5)24-18-22(20-15-11-8-12-16-20)26(32-2)30(36-6)28(24)34-4/h7-18H,1-6H3. The first-order chi connectivity index (χ1) is 17.6. The van der Waals surface area contributed by atoms with Gasteiger partial charge in [-0.2, -0.15) is 0 Å². The average molecular weight is 487 g/mol. The summed E-state index contributed by atoms with van der Waals surface area (Å²) < 4.78 is 35.1. The molecule has 186 valence electrons. The van der Waals surface area contributed by atoms with Crippen molar-refractivity contribution in [1.29, 1.82) is 0 Å². The number of methoxy groups -OCH3 is 6. The summed E-state index contributed by atoms with van der Waals surface area (Å²) >= 11 is 0. The Hall–Kier alpha value is -4.32. The van der Waals surface area contributed by atoms with Crippen LogP contribution in [0.2, 0.25) is 0 Å². The zero-order valence-electron chi connectivity index (χ0n) is 21.4. The summed E-state index contributed by atoms with van der Waals surface area (Å²) in [5, 5.41) is 0. The van der Waals surface area contributed by atoms with Crippen molar-refractivity contribution < 1.29 is 28.4 Å². The van der Waals surface area contributed by atoms with Crippen LogP contribution in [0.15, 0.2) is 72.8 Å². The maximum atomic E-state index is 5.90. The molecule has 0 unspecified atom stereocenters. The molecule has 0 spiro atoms. The van der Waals surface area contributed by atoms with Crippen LogP contribution < -0.4 is 28.4 Å². The Morgan fingerprint density at radius 3 is 0.889 bits per heavy atom. The molecule has 4 aromatic carbocycles. The van der Waals surface area contributed by atoms with Gasteiger partial charge in [0.15, 0.2) is 23.0 Å². The van der Waals surface area contributed by atoms with E-state index in [4.69, 9.17) is 28.4 Å². The second kappa shape index (κ2) is 11.0. The minimum atomic E-state index is 0.481. The molecular formula is C30H30O6. The zero-order valence-corrected chi connectivity index (χ0v) is 21.4. The number of hydrogen-bond acceptors (Lipinski definition) is 6. The molecule has 0 aliphatic heterocycles. The third kappa shape index (κ3) is 4.26. The third-order valence-corrected chi connectivity index (χ3v) is 6.07. The molecule has 4 rings (SSSR count). The van der Waals surface area contributed by atoms with E-state index in [9.17, 15) is 0 Å². The Kier molecular flexibility index (Phi) is 7.54. The monoisotopic (exact) mass is 486 g/mol. The minimum Gasteiger partial charge on any atom is -0.492 e. The molecule has 6 heteroatoms. The molecule has 0 radical (unpaired) electrons. The molecule has 0 heterocycles. The van der Waals surface area contributed by atoms with Gasteiger partial charge in [0.1, 0.15) is 0 Å². The Balaban J connectivity index is 2.15. The van der Waals surface area contributed by atoms with E-state index in [-0.39, 0.29) is 0 Å². The van der Waals surface area contributed by atoms with Crippen molar-refractivity contribution in [2.75, 3.05) is 42.7 Å². The van der Waals surface area contributed by atoms with Crippen LogP contribution in [-0.2, 0) is 0 Å². The fourth-order valence-corrected chi connectivity index (χ4v) is 4.49. The van der Waals surface area contributed by atoms with Crippen LogP contribution in [0.4, 0.5) is 0 Å². The summed E-state index contributed by atoms with van der Waals surface area (Å²) in [5.74, 6) is 3.14. The maximum absolute atomic E-state index is 5.90. The van der Waals surface area contributed by atoms with E-state index >= 15 is 0 Å². The summed E-state index contributed by atoms with van der Waals surface area (Å²) in [6, 6.07) is 24.0. The van der Waals surface area contributed by atoms with Gasteiger partial charge in [-0.25, -0.2) is 0 Å². The van der Waals surface area contributed by atoms with E-state index in [1.54, 1.807) is 42.7 Å². The van der Waals surface area contributed by atoms with Crippen LogP contribution in [0.1, 0.15) is 0 Å². The predicted octanol–water partition coefficient (Wildman–Crippen LogP) is 6.74. The first kappa shape index (κ1) is 24.8. The van der Waals surface area contributed by atoms with E-state index < -0.39 is 0 Å². The summed E-state index contributed by atoms with van der Waals surface area (Å²) in [5.41, 5.74) is 5.15. The van der Waals surface area contributed by atoms with Crippen LogP contribution in [0, 0.1) is 0 Å². The molecule has 0 amide bonds. The van der Waals surface area contributed by atoms with Crippen molar-refractivity contribution in [3.05, 3.63) is 72.8 Å². The Bertz CT molecular complexity index is 1230. The second-order valence-corrected chi connectivity index (χ2v) is 7.87. The van der Waals surface area contributed by atoms with E-state index in [2.05, 4.69) is 0 Å². The summed E-state index contributed by atoms with van der Waals surface area (Å²) in [7, 11) is 9.64. The van der Waals surface area contributed by atoms with Crippen molar-refractivity contribution in [3.8, 4) is 67.9 Å². The lowest BCUT2D eigenvalue weighted by Gasteiger charge is -2.23. The first-order valence-corrected chi connectivity index (χ1v) is 11.4. The molecule has 0 fully saturated rings. The molecular weight excluding hydrogens is 456 g/mol. The quantitative estimate of drug-likeness (QED) is 0.261. The molecule has 6 nitrogen and oxygen atoms in total. The molecule has 4 aromatic rings. The molecule has 36 heavy (non-hydrogen) atoms. The highest BCUT2D eigenvalue weighted by molar-refractivity contribution is 5.93. The largest absolute Gasteiger partial charge is 0.492 e. The maximum Gasteiger partial charge on any atom is 0.204 e. The van der Waals surface area contributed by atoms with Gasteiger partial charge in [0.05, 0.1) is 42.7 Å². The SMILES string of the molecule is COc1c(-c2ccccc2)cc(-c2cc(-c3ccccc3)c(OC)c(OC)c2OC)c(OC)c1OC. The highest BCUT2D eigenvalue weighted by Crippen LogP contribution is 2.56. The minimum absolute atomic E-state index is 0.481. The topological polar surface area (TPSA) is 55.4 Å². The molecule has 0 saturated heterocycles. The average Bonchev–Trinajstić information content (AvgIpc) is 2.95. The van der Waals surface area contributed by atoms with Gasteiger partial charge < -0.3 is 28.4 Å². The molecule has 0 saturated carbocycles. The van der Waals surface area contributed by atoms with Crippen LogP contribution in [0.5, 0.6) is 34.5 Å². The summed E-state index contributed by atoms with van der Waals surface area (Å²) in [6.07, 6.45) is 0. The van der Waals surface area contributed by atoms with Gasteiger partial charge in [0.25, 0.3) is 0 Å². The van der Waals surface area contributed by atoms with E-state index in [1.165, 1.54) is 0 Å². The van der Waals surface area contributed by atoms with E-state index in [0.29, 0.717) is 34.5 Å². The number of benzene rings is 4. The normalized spacial score (nSPS) is 10.5. The van der Waals surface area contributed by atoms with Gasteiger partial charge in [-0.3, -0.25) is 0 Å². The molecule has 0 N–H and O–H groups in total.